The summed E-state index contributed by atoms with van der Waals surface area (Å²) in [7, 11) is 0. The van der Waals surface area contributed by atoms with Gasteiger partial charge in [-0.3, -0.25) is 0 Å². The van der Waals surface area contributed by atoms with E-state index in [-0.39, 0.29) is 0 Å². The predicted molar refractivity (Wildman–Crippen MR) is 63.0 cm³/mol. The molecule has 0 saturated carbocycles. The van der Waals surface area contributed by atoms with Gasteiger partial charge in [0.15, 0.2) is 0 Å². The fourth-order valence-electron chi connectivity index (χ4n) is 1.87. The van der Waals surface area contributed by atoms with Crippen molar-refractivity contribution in [1.29, 1.82) is 0 Å². The van der Waals surface area contributed by atoms with E-state index in [1.165, 1.54) is 29.5 Å². The summed E-state index contributed by atoms with van der Waals surface area (Å²) in [6.45, 7) is 2.22. The molecule has 14 heavy (non-hydrogen) atoms. The zero-order chi connectivity index (χ0) is 9.80. The lowest BCUT2D eigenvalue weighted by Gasteiger charge is -2.13. The zero-order valence-corrected chi connectivity index (χ0v) is 8.66. The average molecular weight is 184 g/mol. The highest BCUT2D eigenvalue weighted by Gasteiger charge is 2.07. The number of fused-ring (bicyclic) bond motifs is 1. The van der Waals surface area contributed by atoms with E-state index in [1.54, 1.807) is 0 Å². The Kier molecular flexibility index (Phi) is 2.83. The third-order valence-corrected chi connectivity index (χ3v) is 2.62. The lowest BCUT2D eigenvalue weighted by atomic mass is 9.91. The maximum absolute atomic E-state index is 2.38. The molecule has 0 aliphatic heterocycles. The van der Waals surface area contributed by atoms with Crippen LogP contribution in [0.15, 0.2) is 36.4 Å². The number of rotatable bonds is 2. The second-order valence-corrected chi connectivity index (χ2v) is 3.71. The SMILES string of the molecule is CCCC=C1CC=Cc2ccccc21. The van der Waals surface area contributed by atoms with Crippen LogP contribution in [-0.2, 0) is 0 Å². The second kappa shape index (κ2) is 4.28. The topological polar surface area (TPSA) is 0 Å². The molecule has 1 aliphatic carbocycles. The van der Waals surface area contributed by atoms with E-state index in [1.807, 2.05) is 0 Å². The molecular formula is C14H16. The minimum atomic E-state index is 1.09. The summed E-state index contributed by atoms with van der Waals surface area (Å²) in [5.74, 6) is 0. The third-order valence-electron chi connectivity index (χ3n) is 2.62. The smallest absolute Gasteiger partial charge is 0.00911 e. The minimum Gasteiger partial charge on any atom is -0.0804 e. The molecule has 1 aromatic carbocycles. The molecule has 0 unspecified atom stereocenters. The Hall–Kier alpha value is -1.30. The molecule has 0 heteroatoms. The van der Waals surface area contributed by atoms with Crippen LogP contribution in [0, 0.1) is 0 Å². The van der Waals surface area contributed by atoms with E-state index in [0.717, 1.165) is 6.42 Å². The van der Waals surface area contributed by atoms with Gasteiger partial charge in [-0.15, -0.1) is 0 Å². The molecule has 0 atom stereocenters. The van der Waals surface area contributed by atoms with Gasteiger partial charge in [0.25, 0.3) is 0 Å². The van der Waals surface area contributed by atoms with Crippen molar-refractivity contribution in [2.45, 2.75) is 26.2 Å². The first-order valence-electron chi connectivity index (χ1n) is 5.37. The molecule has 0 aromatic heterocycles. The highest BCUT2D eigenvalue weighted by molar-refractivity contribution is 5.79. The van der Waals surface area contributed by atoms with Gasteiger partial charge in [0.2, 0.25) is 0 Å². The molecule has 0 radical (unpaired) electrons. The molecule has 72 valence electrons. The van der Waals surface area contributed by atoms with Gasteiger partial charge in [-0.05, 0) is 29.5 Å². The van der Waals surface area contributed by atoms with Crippen LogP contribution in [-0.4, -0.2) is 0 Å². The maximum Gasteiger partial charge on any atom is -0.00911 e. The average Bonchev–Trinajstić information content (AvgIpc) is 2.26. The van der Waals surface area contributed by atoms with Crippen LogP contribution in [0.25, 0.3) is 11.6 Å². The Labute approximate surface area is 86.0 Å². The lowest BCUT2D eigenvalue weighted by Crippen LogP contribution is -1.92. The van der Waals surface area contributed by atoms with Gasteiger partial charge in [-0.25, -0.2) is 0 Å². The predicted octanol–water partition coefficient (Wildman–Crippen LogP) is 4.29. The van der Waals surface area contributed by atoms with Crippen molar-refractivity contribution in [2.24, 2.45) is 0 Å². The molecule has 0 saturated heterocycles. The summed E-state index contributed by atoms with van der Waals surface area (Å²) in [5.41, 5.74) is 4.27. The van der Waals surface area contributed by atoms with Crippen LogP contribution in [0.3, 0.4) is 0 Å². The van der Waals surface area contributed by atoms with Crippen molar-refractivity contribution in [3.63, 3.8) is 0 Å². The van der Waals surface area contributed by atoms with Gasteiger partial charge < -0.3 is 0 Å². The maximum atomic E-state index is 2.38. The summed E-state index contributed by atoms with van der Waals surface area (Å²) in [4.78, 5) is 0. The quantitative estimate of drug-likeness (QED) is 0.643. The molecule has 1 aromatic rings. The fourth-order valence-corrected chi connectivity index (χ4v) is 1.87. The second-order valence-electron chi connectivity index (χ2n) is 3.71. The van der Waals surface area contributed by atoms with Crippen LogP contribution in [0.2, 0.25) is 0 Å². The molecule has 0 fully saturated rings. The zero-order valence-electron chi connectivity index (χ0n) is 8.66. The Bertz CT molecular complexity index is 369. The van der Waals surface area contributed by atoms with Crippen LogP contribution in [0.4, 0.5) is 0 Å². The molecular weight excluding hydrogens is 168 g/mol. The van der Waals surface area contributed by atoms with E-state index in [0.29, 0.717) is 0 Å². The van der Waals surface area contributed by atoms with Gasteiger partial charge in [-0.1, -0.05) is 55.8 Å². The molecule has 0 spiro atoms. The molecule has 0 heterocycles. The first-order valence-corrected chi connectivity index (χ1v) is 5.37. The van der Waals surface area contributed by atoms with Crippen molar-refractivity contribution >= 4 is 11.6 Å². The van der Waals surface area contributed by atoms with Crippen LogP contribution in [0.5, 0.6) is 0 Å². The monoisotopic (exact) mass is 184 g/mol. The van der Waals surface area contributed by atoms with E-state index >= 15 is 0 Å². The lowest BCUT2D eigenvalue weighted by molar-refractivity contribution is 0.957. The van der Waals surface area contributed by atoms with E-state index in [2.05, 4.69) is 49.4 Å². The standard InChI is InChI=1S/C14H16/c1-2-3-7-12-9-6-10-13-8-4-5-11-14(12)13/h4-8,10-11H,2-3,9H2,1H3. The number of allylic oxidation sites excluding steroid dienone is 3. The first kappa shape index (κ1) is 9.26. The van der Waals surface area contributed by atoms with Crippen molar-refractivity contribution in [1.82, 2.24) is 0 Å². The van der Waals surface area contributed by atoms with Gasteiger partial charge in [0, 0.05) is 0 Å². The Morgan fingerprint density at radius 3 is 3.00 bits per heavy atom. The van der Waals surface area contributed by atoms with Gasteiger partial charge in [0.05, 0.1) is 0 Å². The number of benzene rings is 1. The number of unbranched alkanes of at least 4 members (excludes halogenated alkanes) is 1. The molecule has 1 aliphatic rings. The molecule has 0 nitrogen and oxygen atoms in total. The van der Waals surface area contributed by atoms with Crippen molar-refractivity contribution in [2.75, 3.05) is 0 Å². The van der Waals surface area contributed by atoms with Crippen LogP contribution in [0.1, 0.15) is 37.3 Å². The summed E-state index contributed by atoms with van der Waals surface area (Å²) >= 11 is 0. The molecule has 0 bridgehead atoms. The van der Waals surface area contributed by atoms with Crippen molar-refractivity contribution in [3.8, 4) is 0 Å². The first-order chi connectivity index (χ1) is 6.92. The van der Waals surface area contributed by atoms with Crippen LogP contribution >= 0.6 is 0 Å². The molecule has 0 N–H and O–H groups in total. The van der Waals surface area contributed by atoms with E-state index in [9.17, 15) is 0 Å². The minimum absolute atomic E-state index is 1.09. The van der Waals surface area contributed by atoms with Gasteiger partial charge >= 0.3 is 0 Å². The number of hydrogen-bond donors (Lipinski definition) is 0. The normalized spacial score (nSPS) is 17.1. The van der Waals surface area contributed by atoms with Gasteiger partial charge in [0.1, 0.15) is 0 Å². The fraction of sp³-hybridized carbons (Fsp3) is 0.286. The Morgan fingerprint density at radius 1 is 1.29 bits per heavy atom. The molecule has 2 rings (SSSR count). The summed E-state index contributed by atoms with van der Waals surface area (Å²) in [6.07, 6.45) is 10.4. The number of hydrogen-bond acceptors (Lipinski definition) is 0. The van der Waals surface area contributed by atoms with E-state index < -0.39 is 0 Å². The largest absolute Gasteiger partial charge is 0.0804 e. The van der Waals surface area contributed by atoms with Crippen molar-refractivity contribution < 1.29 is 0 Å². The highest BCUT2D eigenvalue weighted by atomic mass is 14.1. The highest BCUT2D eigenvalue weighted by Crippen LogP contribution is 2.28. The van der Waals surface area contributed by atoms with Gasteiger partial charge in [-0.2, -0.15) is 0 Å². The molecule has 0 amide bonds. The van der Waals surface area contributed by atoms with Crippen molar-refractivity contribution in [3.05, 3.63) is 47.5 Å². The Balaban J connectivity index is 2.36. The Morgan fingerprint density at radius 2 is 2.14 bits per heavy atom. The summed E-state index contributed by atoms with van der Waals surface area (Å²) < 4.78 is 0. The third kappa shape index (κ3) is 1.79. The van der Waals surface area contributed by atoms with E-state index in [4.69, 9.17) is 0 Å². The summed E-state index contributed by atoms with van der Waals surface area (Å²) in [5, 5.41) is 0. The van der Waals surface area contributed by atoms with Crippen LogP contribution < -0.4 is 0 Å². The summed E-state index contributed by atoms with van der Waals surface area (Å²) in [6, 6.07) is 8.63.